The van der Waals surface area contributed by atoms with Gasteiger partial charge in [0.05, 0.1) is 18.7 Å². The molecular formula is C24H26N4O6S. The zero-order chi connectivity index (χ0) is 24.9. The highest BCUT2D eigenvalue weighted by Gasteiger charge is 2.22. The molecule has 2 amide bonds. The number of hydrogen-bond donors (Lipinski definition) is 1. The minimum Gasteiger partial charge on any atom is -0.491 e. The Morgan fingerprint density at radius 1 is 1.23 bits per heavy atom. The van der Waals surface area contributed by atoms with Crippen molar-refractivity contribution in [2.45, 2.75) is 20.0 Å². The van der Waals surface area contributed by atoms with Crippen molar-refractivity contribution < 1.29 is 28.5 Å². The topological polar surface area (TPSA) is 112 Å². The van der Waals surface area contributed by atoms with Crippen LogP contribution in [0, 0.1) is 6.92 Å². The number of aromatic nitrogens is 2. The quantitative estimate of drug-likeness (QED) is 0.500. The average molecular weight is 499 g/mol. The van der Waals surface area contributed by atoms with E-state index in [-0.39, 0.29) is 17.9 Å². The Balaban J connectivity index is 1.61. The second-order valence-electron chi connectivity index (χ2n) is 8.01. The van der Waals surface area contributed by atoms with Crippen molar-refractivity contribution in [1.29, 1.82) is 0 Å². The minimum absolute atomic E-state index is 0.113. The van der Waals surface area contributed by atoms with E-state index in [0.29, 0.717) is 64.8 Å². The number of nitrogens with zero attached hydrogens (tertiary/aromatic N) is 3. The van der Waals surface area contributed by atoms with Gasteiger partial charge in [0, 0.05) is 43.4 Å². The summed E-state index contributed by atoms with van der Waals surface area (Å²) in [6, 6.07) is 9.92. The van der Waals surface area contributed by atoms with Crippen molar-refractivity contribution in [1.82, 2.24) is 14.3 Å². The van der Waals surface area contributed by atoms with Crippen molar-refractivity contribution >= 4 is 28.5 Å². The van der Waals surface area contributed by atoms with E-state index in [9.17, 15) is 9.59 Å². The molecule has 11 heteroatoms. The van der Waals surface area contributed by atoms with Crippen LogP contribution in [0.4, 0.5) is 5.13 Å². The summed E-state index contributed by atoms with van der Waals surface area (Å²) in [4.78, 5) is 31.2. The molecular weight excluding hydrogens is 472 g/mol. The van der Waals surface area contributed by atoms with Crippen LogP contribution in [0.15, 0.2) is 36.4 Å². The number of ether oxygens (including phenoxy) is 4. The summed E-state index contributed by atoms with van der Waals surface area (Å²) in [6.07, 6.45) is -0.249. The molecule has 10 nitrogen and oxygen atoms in total. The van der Waals surface area contributed by atoms with E-state index in [1.165, 1.54) is 0 Å². The molecule has 1 aliphatic rings. The van der Waals surface area contributed by atoms with Gasteiger partial charge in [-0.15, -0.1) is 0 Å². The number of carbonyl (C=O) groups excluding carboxylic acids is 2. The zero-order valence-corrected chi connectivity index (χ0v) is 20.7. The first-order chi connectivity index (χ1) is 16.8. The summed E-state index contributed by atoms with van der Waals surface area (Å²) in [5.41, 5.74) is 0.785. The van der Waals surface area contributed by atoms with Gasteiger partial charge in [-0.2, -0.15) is 4.37 Å². The Bertz CT molecular complexity index is 1230. The third kappa shape index (κ3) is 6.06. The van der Waals surface area contributed by atoms with Crippen molar-refractivity contribution in [3.05, 3.63) is 53.3 Å². The fourth-order valence-corrected chi connectivity index (χ4v) is 4.02. The van der Waals surface area contributed by atoms with Gasteiger partial charge in [-0.25, -0.2) is 4.98 Å². The molecule has 1 aliphatic heterocycles. The normalized spacial score (nSPS) is 13.9. The molecule has 35 heavy (non-hydrogen) atoms. The van der Waals surface area contributed by atoms with Gasteiger partial charge in [-0.1, -0.05) is 0 Å². The number of rotatable bonds is 8. The number of carbonyl (C=O) groups is 2. The molecule has 0 bridgehead atoms. The first kappa shape index (κ1) is 24.4. The smallest absolute Gasteiger partial charge is 0.257 e. The lowest BCUT2D eigenvalue weighted by Gasteiger charge is -2.16. The molecule has 3 aromatic rings. The van der Waals surface area contributed by atoms with Crippen LogP contribution in [0.25, 0.3) is 0 Å². The highest BCUT2D eigenvalue weighted by molar-refractivity contribution is 7.09. The van der Waals surface area contributed by atoms with Crippen LogP contribution in [0.2, 0.25) is 0 Å². The predicted molar refractivity (Wildman–Crippen MR) is 130 cm³/mol. The number of likely N-dealkylation sites (N-methyl/N-ethyl adjacent to an activating group) is 1. The molecule has 184 valence electrons. The molecule has 0 saturated carbocycles. The molecule has 1 atom stereocenters. The van der Waals surface area contributed by atoms with Crippen LogP contribution in [0.5, 0.6) is 23.0 Å². The number of anilines is 1. The van der Waals surface area contributed by atoms with Gasteiger partial charge in [0.2, 0.25) is 5.13 Å². The van der Waals surface area contributed by atoms with Gasteiger partial charge in [-0.3, -0.25) is 14.9 Å². The highest BCUT2D eigenvalue weighted by atomic mass is 32.1. The van der Waals surface area contributed by atoms with E-state index >= 15 is 0 Å². The summed E-state index contributed by atoms with van der Waals surface area (Å²) in [5, 5.41) is 3.14. The zero-order valence-electron chi connectivity index (χ0n) is 19.9. The standard InChI is InChI=1S/C24H26N4O6S/c1-14(13-31-4)33-18-9-16(22(29)26-24-25-15(2)27-35-24)10-19(11-18)34-17-5-6-20-21(12-17)32-8-7-28(3)23(20)30/h5-6,9-12,14H,7-8,13H2,1-4H3,(H,25,26,27,29). The molecule has 0 aliphatic carbocycles. The van der Waals surface area contributed by atoms with E-state index < -0.39 is 0 Å². The fourth-order valence-electron chi connectivity index (χ4n) is 3.45. The van der Waals surface area contributed by atoms with Crippen molar-refractivity contribution in [2.24, 2.45) is 0 Å². The Morgan fingerprint density at radius 2 is 2.03 bits per heavy atom. The van der Waals surface area contributed by atoms with Crippen molar-refractivity contribution in [3.63, 3.8) is 0 Å². The summed E-state index contributed by atoms with van der Waals surface area (Å²) < 4.78 is 26.9. The monoisotopic (exact) mass is 498 g/mol. The number of benzene rings is 2. The molecule has 0 radical (unpaired) electrons. The van der Waals surface area contributed by atoms with E-state index in [1.807, 2.05) is 6.92 Å². The van der Waals surface area contributed by atoms with Crippen LogP contribution in [0.1, 0.15) is 33.5 Å². The van der Waals surface area contributed by atoms with Crippen LogP contribution in [-0.2, 0) is 4.74 Å². The number of nitrogens with one attached hydrogen (secondary N) is 1. The van der Waals surface area contributed by atoms with Gasteiger partial charge in [-0.05, 0) is 38.1 Å². The molecule has 1 unspecified atom stereocenters. The molecule has 4 rings (SSSR count). The fraction of sp³-hybridized carbons (Fsp3) is 0.333. The number of hydrogen-bond acceptors (Lipinski definition) is 9. The van der Waals surface area contributed by atoms with Gasteiger partial charge < -0.3 is 23.8 Å². The predicted octanol–water partition coefficient (Wildman–Crippen LogP) is 3.77. The Hall–Kier alpha value is -3.70. The molecule has 1 aromatic heterocycles. The van der Waals surface area contributed by atoms with Crippen molar-refractivity contribution in [2.75, 3.05) is 39.2 Å². The van der Waals surface area contributed by atoms with Gasteiger partial charge >= 0.3 is 0 Å². The first-order valence-electron chi connectivity index (χ1n) is 10.9. The molecule has 0 fully saturated rings. The van der Waals surface area contributed by atoms with E-state index in [4.69, 9.17) is 18.9 Å². The lowest BCUT2D eigenvalue weighted by atomic mass is 10.1. The lowest BCUT2D eigenvalue weighted by molar-refractivity contribution is 0.0796. The second kappa shape index (κ2) is 10.7. The molecule has 2 aromatic carbocycles. The van der Waals surface area contributed by atoms with E-state index in [0.717, 1.165) is 11.5 Å². The maximum atomic E-state index is 12.9. The van der Waals surface area contributed by atoms with Crippen LogP contribution < -0.4 is 19.5 Å². The Labute approximate surface area is 206 Å². The van der Waals surface area contributed by atoms with E-state index in [2.05, 4.69) is 14.7 Å². The molecule has 0 saturated heterocycles. The third-order valence-corrected chi connectivity index (χ3v) is 5.80. The second-order valence-corrected chi connectivity index (χ2v) is 8.76. The summed E-state index contributed by atoms with van der Waals surface area (Å²) >= 11 is 1.10. The van der Waals surface area contributed by atoms with E-state index in [1.54, 1.807) is 62.4 Å². The Kier molecular flexibility index (Phi) is 7.47. The summed E-state index contributed by atoms with van der Waals surface area (Å²) in [6.45, 7) is 4.86. The largest absolute Gasteiger partial charge is 0.491 e. The summed E-state index contributed by atoms with van der Waals surface area (Å²) in [7, 11) is 3.32. The van der Waals surface area contributed by atoms with Gasteiger partial charge in [0.1, 0.15) is 41.5 Å². The third-order valence-electron chi connectivity index (χ3n) is 5.08. The number of aryl methyl sites for hydroxylation is 1. The van der Waals surface area contributed by atoms with Crippen molar-refractivity contribution in [3.8, 4) is 23.0 Å². The minimum atomic E-state index is -0.380. The summed E-state index contributed by atoms with van der Waals surface area (Å²) in [5.74, 6) is 1.80. The number of fused-ring (bicyclic) bond motifs is 1. The highest BCUT2D eigenvalue weighted by Crippen LogP contribution is 2.33. The molecule has 0 spiro atoms. The van der Waals surface area contributed by atoms with Gasteiger partial charge in [0.15, 0.2) is 0 Å². The SMILES string of the molecule is COCC(C)Oc1cc(Oc2ccc3c(c2)OCCN(C)C3=O)cc(C(=O)Nc2nc(C)ns2)c1. The number of methoxy groups -OCH3 is 1. The van der Waals surface area contributed by atoms with Crippen LogP contribution in [-0.4, -0.2) is 66.1 Å². The molecule has 1 N–H and O–H groups in total. The Morgan fingerprint density at radius 3 is 2.77 bits per heavy atom. The maximum Gasteiger partial charge on any atom is 0.257 e. The van der Waals surface area contributed by atoms with Crippen LogP contribution >= 0.6 is 11.5 Å². The molecule has 2 heterocycles. The number of amides is 2. The lowest BCUT2D eigenvalue weighted by Crippen LogP contribution is -2.27. The maximum absolute atomic E-state index is 12.9. The first-order valence-corrected chi connectivity index (χ1v) is 11.7. The average Bonchev–Trinajstić information content (AvgIpc) is 3.16. The van der Waals surface area contributed by atoms with Gasteiger partial charge in [0.25, 0.3) is 11.8 Å². The van der Waals surface area contributed by atoms with Crippen LogP contribution in [0.3, 0.4) is 0 Å².